The van der Waals surface area contributed by atoms with Gasteiger partial charge in [-0.15, -0.1) is 0 Å². The van der Waals surface area contributed by atoms with Crippen LogP contribution >= 0.6 is 0 Å². The van der Waals surface area contributed by atoms with Gasteiger partial charge in [-0.1, -0.05) is 19.0 Å². The standard InChI is InChI=1S/C15H25N5O2/c1-9(2)14-19-13(22-20-14)6-7-17-15(16-3)18-11-8-10-4-5-12(11)21-10/h9-12H,4-8H2,1-3H3,(H2,16,17,18). The van der Waals surface area contributed by atoms with Crippen molar-refractivity contribution < 1.29 is 9.26 Å². The maximum absolute atomic E-state index is 5.85. The molecule has 22 heavy (non-hydrogen) atoms. The second kappa shape index (κ2) is 6.64. The molecule has 2 aliphatic heterocycles. The van der Waals surface area contributed by atoms with E-state index < -0.39 is 0 Å². The topological polar surface area (TPSA) is 84.6 Å². The van der Waals surface area contributed by atoms with Crippen molar-refractivity contribution in [3.8, 4) is 0 Å². The molecule has 0 saturated carbocycles. The average Bonchev–Trinajstić information content (AvgIpc) is 3.22. The largest absolute Gasteiger partial charge is 0.373 e. The maximum Gasteiger partial charge on any atom is 0.228 e. The Balaban J connectivity index is 1.43. The van der Waals surface area contributed by atoms with Crippen molar-refractivity contribution in [2.24, 2.45) is 4.99 Å². The molecule has 0 aliphatic carbocycles. The molecular formula is C15H25N5O2. The lowest BCUT2D eigenvalue weighted by atomic mass is 9.96. The number of aliphatic imine (C=N–C) groups is 1. The Morgan fingerprint density at radius 3 is 2.86 bits per heavy atom. The third-order valence-electron chi connectivity index (χ3n) is 4.28. The molecule has 7 nitrogen and oxygen atoms in total. The first kappa shape index (κ1) is 15.3. The Kier molecular flexibility index (Phi) is 4.61. The third kappa shape index (κ3) is 3.40. The van der Waals surface area contributed by atoms with Gasteiger partial charge >= 0.3 is 0 Å². The van der Waals surface area contributed by atoms with E-state index in [0.717, 1.165) is 24.6 Å². The molecule has 7 heteroatoms. The summed E-state index contributed by atoms with van der Waals surface area (Å²) < 4.78 is 11.1. The van der Waals surface area contributed by atoms with Crippen LogP contribution in [-0.2, 0) is 11.2 Å². The lowest BCUT2D eigenvalue weighted by Gasteiger charge is -2.22. The number of guanidine groups is 1. The number of fused-ring (bicyclic) bond motifs is 2. The van der Waals surface area contributed by atoms with E-state index in [2.05, 4.69) is 39.6 Å². The highest BCUT2D eigenvalue weighted by molar-refractivity contribution is 5.80. The molecule has 1 aromatic rings. The van der Waals surface area contributed by atoms with E-state index in [1.165, 1.54) is 6.42 Å². The van der Waals surface area contributed by atoms with Crippen molar-refractivity contribution in [2.75, 3.05) is 13.6 Å². The van der Waals surface area contributed by atoms with Crippen LogP contribution in [0.1, 0.15) is 50.7 Å². The Morgan fingerprint density at radius 2 is 2.27 bits per heavy atom. The minimum atomic E-state index is 0.290. The first-order chi connectivity index (χ1) is 10.7. The van der Waals surface area contributed by atoms with Crippen LogP contribution in [0.5, 0.6) is 0 Å². The monoisotopic (exact) mass is 307 g/mol. The van der Waals surface area contributed by atoms with E-state index in [4.69, 9.17) is 9.26 Å². The van der Waals surface area contributed by atoms with Gasteiger partial charge in [0.1, 0.15) is 0 Å². The summed E-state index contributed by atoms with van der Waals surface area (Å²) in [6.07, 6.45) is 4.89. The highest BCUT2D eigenvalue weighted by atomic mass is 16.5. The van der Waals surface area contributed by atoms with Gasteiger partial charge < -0.3 is 19.9 Å². The minimum absolute atomic E-state index is 0.290. The van der Waals surface area contributed by atoms with Gasteiger partial charge in [0.05, 0.1) is 18.2 Å². The summed E-state index contributed by atoms with van der Waals surface area (Å²) >= 11 is 0. The number of rotatable bonds is 5. The number of nitrogens with zero attached hydrogens (tertiary/aromatic N) is 3. The number of ether oxygens (including phenoxy) is 1. The molecule has 0 radical (unpaired) electrons. The van der Waals surface area contributed by atoms with Crippen molar-refractivity contribution in [3.05, 3.63) is 11.7 Å². The zero-order valence-electron chi connectivity index (χ0n) is 13.5. The zero-order chi connectivity index (χ0) is 15.5. The van der Waals surface area contributed by atoms with E-state index in [9.17, 15) is 0 Å². The molecule has 2 aliphatic rings. The molecule has 3 unspecified atom stereocenters. The van der Waals surface area contributed by atoms with Gasteiger partial charge in [-0.2, -0.15) is 4.98 Å². The quantitative estimate of drug-likeness (QED) is 0.628. The molecule has 2 fully saturated rings. The van der Waals surface area contributed by atoms with E-state index in [0.29, 0.717) is 37.1 Å². The molecule has 0 amide bonds. The Hall–Kier alpha value is -1.63. The molecule has 2 N–H and O–H groups in total. The molecule has 2 bridgehead atoms. The summed E-state index contributed by atoms with van der Waals surface area (Å²) in [6, 6.07) is 0.376. The Bertz CT molecular complexity index is 528. The predicted molar refractivity (Wildman–Crippen MR) is 82.9 cm³/mol. The van der Waals surface area contributed by atoms with Crippen LogP contribution in [0.3, 0.4) is 0 Å². The van der Waals surface area contributed by atoms with Crippen molar-refractivity contribution >= 4 is 5.96 Å². The predicted octanol–water partition coefficient (Wildman–Crippen LogP) is 1.22. The van der Waals surface area contributed by atoms with E-state index in [1.54, 1.807) is 7.05 Å². The molecule has 1 aromatic heterocycles. The zero-order valence-corrected chi connectivity index (χ0v) is 13.5. The van der Waals surface area contributed by atoms with Crippen LogP contribution in [0.15, 0.2) is 9.52 Å². The van der Waals surface area contributed by atoms with Crippen LogP contribution < -0.4 is 10.6 Å². The Labute approximate surface area is 130 Å². The second-order valence-corrected chi connectivity index (χ2v) is 6.31. The smallest absolute Gasteiger partial charge is 0.228 e. The highest BCUT2D eigenvalue weighted by Gasteiger charge is 2.41. The number of nitrogens with one attached hydrogen (secondary N) is 2. The van der Waals surface area contributed by atoms with Gasteiger partial charge in [0.25, 0.3) is 0 Å². The van der Waals surface area contributed by atoms with Crippen LogP contribution in [0.25, 0.3) is 0 Å². The summed E-state index contributed by atoms with van der Waals surface area (Å²) in [7, 11) is 1.78. The molecule has 122 valence electrons. The van der Waals surface area contributed by atoms with Crippen molar-refractivity contribution in [2.45, 2.75) is 63.7 Å². The van der Waals surface area contributed by atoms with Crippen LogP contribution in [-0.4, -0.2) is 47.9 Å². The number of hydrogen-bond donors (Lipinski definition) is 2. The normalized spacial score (nSPS) is 27.6. The van der Waals surface area contributed by atoms with Gasteiger partial charge in [0.2, 0.25) is 5.89 Å². The summed E-state index contributed by atoms with van der Waals surface area (Å²) in [4.78, 5) is 8.64. The van der Waals surface area contributed by atoms with Crippen molar-refractivity contribution in [3.63, 3.8) is 0 Å². The van der Waals surface area contributed by atoms with Crippen LogP contribution in [0.2, 0.25) is 0 Å². The fourth-order valence-electron chi connectivity index (χ4n) is 3.05. The highest BCUT2D eigenvalue weighted by Crippen LogP contribution is 2.34. The van der Waals surface area contributed by atoms with Gasteiger partial charge in [0, 0.05) is 25.9 Å². The molecular weight excluding hydrogens is 282 g/mol. The van der Waals surface area contributed by atoms with Crippen molar-refractivity contribution in [1.29, 1.82) is 0 Å². The summed E-state index contributed by atoms with van der Waals surface area (Å²) in [5, 5.41) is 10.7. The molecule has 3 heterocycles. The molecule has 3 rings (SSSR count). The second-order valence-electron chi connectivity index (χ2n) is 6.31. The third-order valence-corrected chi connectivity index (χ3v) is 4.28. The van der Waals surface area contributed by atoms with E-state index >= 15 is 0 Å². The lowest BCUT2D eigenvalue weighted by molar-refractivity contribution is 0.0992. The molecule has 0 spiro atoms. The lowest BCUT2D eigenvalue weighted by Crippen LogP contribution is -2.47. The van der Waals surface area contributed by atoms with Crippen LogP contribution in [0, 0.1) is 0 Å². The number of aromatic nitrogens is 2. The first-order valence-electron chi connectivity index (χ1n) is 8.11. The van der Waals surface area contributed by atoms with Gasteiger partial charge in [-0.05, 0) is 19.3 Å². The van der Waals surface area contributed by atoms with Gasteiger partial charge in [-0.25, -0.2) is 0 Å². The summed E-state index contributed by atoms with van der Waals surface area (Å²) in [5.74, 6) is 2.52. The first-order valence-corrected chi connectivity index (χ1v) is 8.11. The molecule has 0 aromatic carbocycles. The Morgan fingerprint density at radius 1 is 1.41 bits per heavy atom. The summed E-state index contributed by atoms with van der Waals surface area (Å²) in [6.45, 7) is 4.81. The minimum Gasteiger partial charge on any atom is -0.373 e. The number of hydrogen-bond acceptors (Lipinski definition) is 5. The van der Waals surface area contributed by atoms with Crippen molar-refractivity contribution in [1.82, 2.24) is 20.8 Å². The SMILES string of the molecule is CN=C(NCCc1nc(C(C)C)no1)NC1CC2CCC1O2. The van der Waals surface area contributed by atoms with E-state index in [1.807, 2.05) is 0 Å². The fourth-order valence-corrected chi connectivity index (χ4v) is 3.05. The molecule has 3 atom stereocenters. The van der Waals surface area contributed by atoms with Gasteiger partial charge in [0.15, 0.2) is 11.8 Å². The van der Waals surface area contributed by atoms with Gasteiger partial charge in [-0.3, -0.25) is 4.99 Å². The summed E-state index contributed by atoms with van der Waals surface area (Å²) in [5.41, 5.74) is 0. The average molecular weight is 307 g/mol. The fraction of sp³-hybridized carbons (Fsp3) is 0.800. The molecule has 2 saturated heterocycles. The maximum atomic E-state index is 5.85. The van der Waals surface area contributed by atoms with E-state index in [-0.39, 0.29) is 5.92 Å². The van der Waals surface area contributed by atoms with Crippen LogP contribution in [0.4, 0.5) is 0 Å².